The minimum Gasteiger partial charge on any atom is -0.512 e. The molecule has 0 spiro atoms. The van der Waals surface area contributed by atoms with Gasteiger partial charge in [0.05, 0.1) is 16.0 Å². The van der Waals surface area contributed by atoms with Gasteiger partial charge in [-0.1, -0.05) is 52.0 Å². The van der Waals surface area contributed by atoms with E-state index in [-0.39, 0.29) is 31.6 Å². The van der Waals surface area contributed by atoms with Crippen molar-refractivity contribution >= 4 is 27.3 Å². The molecule has 0 fully saturated rings. The molecule has 0 aliphatic rings. The average Bonchev–Trinajstić information content (AvgIpc) is 3.22. The van der Waals surface area contributed by atoms with Gasteiger partial charge in [0, 0.05) is 31.1 Å². The first kappa shape index (κ1) is 28.6. The first-order valence-electron chi connectivity index (χ1n) is 11.5. The molecule has 2 aromatic carbocycles. The van der Waals surface area contributed by atoms with E-state index in [0.29, 0.717) is 11.8 Å². The summed E-state index contributed by atoms with van der Waals surface area (Å²) < 4.78 is 1.23. The molecule has 3 nitrogen and oxygen atoms in total. The number of nitrogens with zero attached hydrogens (tertiary/aromatic N) is 1. The van der Waals surface area contributed by atoms with Crippen molar-refractivity contribution in [1.29, 1.82) is 0 Å². The van der Waals surface area contributed by atoms with E-state index in [9.17, 15) is 4.79 Å². The number of carbonyl (C=O) groups excluding carboxylic acids is 1. The zero-order valence-corrected chi connectivity index (χ0v) is 24.3. The van der Waals surface area contributed by atoms with Crippen molar-refractivity contribution in [2.75, 3.05) is 0 Å². The molecule has 1 N–H and O–H groups in total. The Morgan fingerprint density at radius 3 is 2.11 bits per heavy atom. The van der Waals surface area contributed by atoms with Gasteiger partial charge in [0.15, 0.2) is 5.78 Å². The van der Waals surface area contributed by atoms with Crippen LogP contribution in [-0.2, 0) is 24.9 Å². The van der Waals surface area contributed by atoms with Crippen LogP contribution in [0.3, 0.4) is 0 Å². The zero-order valence-electron chi connectivity index (χ0n) is 21.0. The molecular formula is C30H32IrNO2S-. The van der Waals surface area contributed by atoms with Crippen molar-refractivity contribution in [3.63, 3.8) is 0 Å². The molecule has 2 heterocycles. The Kier molecular flexibility index (Phi) is 10.6. The number of aliphatic hydroxyl groups excluding tert-OH is 1. The van der Waals surface area contributed by atoms with Crippen LogP contribution in [0.25, 0.3) is 31.9 Å². The summed E-state index contributed by atoms with van der Waals surface area (Å²) in [7, 11) is 0. The minimum atomic E-state index is -0.125. The van der Waals surface area contributed by atoms with E-state index in [0.717, 1.165) is 16.8 Å². The fourth-order valence-corrected chi connectivity index (χ4v) is 4.54. The van der Waals surface area contributed by atoms with Crippen LogP contribution in [-0.4, -0.2) is 15.9 Å². The predicted octanol–water partition coefficient (Wildman–Crippen LogP) is 8.71. The summed E-state index contributed by atoms with van der Waals surface area (Å²) in [6.07, 6.45) is 1.17. The summed E-state index contributed by atoms with van der Waals surface area (Å²) in [5.74, 6) is 0.984. The maximum Gasteiger partial charge on any atom is 0.155 e. The van der Waals surface area contributed by atoms with Crippen molar-refractivity contribution in [2.45, 2.75) is 53.4 Å². The number of allylic oxidation sites excluding steroid dienone is 2. The normalized spacial score (nSPS) is 11.3. The number of rotatable bonds is 5. The standard InChI is InChI=1S/C25H24NS.C5H8O2.Ir/c1-16(2)19-12-20(17(3)4)14-21(13-19)25-15-23-24(27-25)11-10-22(26-23)18-8-6-5-7-9-18;1-4(6)3-5(2)7;/h5-8,10-17H,1-4H3;3,6H,1-2H3;/q-1;;/b;4-3-;. The summed E-state index contributed by atoms with van der Waals surface area (Å²) in [5.41, 5.74) is 7.19. The molecule has 0 saturated carbocycles. The van der Waals surface area contributed by atoms with Crippen LogP contribution in [0.15, 0.2) is 72.5 Å². The SMILES string of the molecule is CC(=O)/C=C(/C)O.CC(C)c1cc(-c2cc3nc(-c4[c-]cccc4)ccc3s2)cc(C(C)C)c1.[Ir]. The minimum absolute atomic E-state index is 0. The first-order chi connectivity index (χ1) is 16.1. The molecule has 4 rings (SSSR count). The zero-order chi connectivity index (χ0) is 24.8. The number of benzene rings is 2. The van der Waals surface area contributed by atoms with Crippen molar-refractivity contribution in [2.24, 2.45) is 0 Å². The van der Waals surface area contributed by atoms with Crippen LogP contribution >= 0.6 is 11.3 Å². The molecule has 0 aliphatic carbocycles. The van der Waals surface area contributed by atoms with Gasteiger partial charge in [0.25, 0.3) is 0 Å². The number of thiophene rings is 1. The van der Waals surface area contributed by atoms with E-state index in [4.69, 9.17) is 10.1 Å². The summed E-state index contributed by atoms with van der Waals surface area (Å²) >= 11 is 1.82. The molecule has 0 amide bonds. The van der Waals surface area contributed by atoms with Gasteiger partial charge in [0.1, 0.15) is 0 Å². The number of aliphatic hydroxyl groups is 1. The second kappa shape index (κ2) is 12.9. The van der Waals surface area contributed by atoms with E-state index in [2.05, 4.69) is 76.2 Å². The quantitative estimate of drug-likeness (QED) is 0.132. The van der Waals surface area contributed by atoms with Gasteiger partial charge in [-0.3, -0.25) is 9.78 Å². The fraction of sp³-hybridized carbons (Fsp3) is 0.267. The molecule has 4 aromatic rings. The second-order valence-electron chi connectivity index (χ2n) is 9.06. The van der Waals surface area contributed by atoms with Gasteiger partial charge >= 0.3 is 0 Å². The van der Waals surface area contributed by atoms with Crippen molar-refractivity contribution in [3.8, 4) is 21.7 Å². The van der Waals surface area contributed by atoms with Crippen LogP contribution in [0, 0.1) is 6.07 Å². The molecule has 0 bridgehead atoms. The van der Waals surface area contributed by atoms with Gasteiger partial charge in [-0.25, -0.2) is 0 Å². The van der Waals surface area contributed by atoms with E-state index < -0.39 is 0 Å². The maximum absolute atomic E-state index is 10.0. The molecule has 35 heavy (non-hydrogen) atoms. The average molecular weight is 663 g/mol. The van der Waals surface area contributed by atoms with Gasteiger partial charge in [-0.2, -0.15) is 0 Å². The Balaban J connectivity index is 0.000000476. The molecule has 185 valence electrons. The van der Waals surface area contributed by atoms with Crippen LogP contribution in [0.5, 0.6) is 0 Å². The Morgan fingerprint density at radius 2 is 1.63 bits per heavy atom. The maximum atomic E-state index is 10.0. The largest absolute Gasteiger partial charge is 0.512 e. The first-order valence-corrected chi connectivity index (χ1v) is 12.4. The van der Waals surface area contributed by atoms with E-state index in [1.807, 2.05) is 29.5 Å². The van der Waals surface area contributed by atoms with E-state index in [1.54, 1.807) is 0 Å². The Morgan fingerprint density at radius 1 is 0.971 bits per heavy atom. The molecule has 0 atom stereocenters. The summed E-state index contributed by atoms with van der Waals surface area (Å²) in [4.78, 5) is 16.2. The molecule has 0 saturated heterocycles. The van der Waals surface area contributed by atoms with E-state index >= 15 is 0 Å². The fourth-order valence-electron chi connectivity index (χ4n) is 3.55. The molecule has 1 radical (unpaired) electrons. The Bertz CT molecular complexity index is 1280. The monoisotopic (exact) mass is 663 g/mol. The molecule has 5 heteroatoms. The van der Waals surface area contributed by atoms with Gasteiger partial charge in [-0.05, 0) is 60.2 Å². The number of pyridine rings is 1. The number of ketones is 1. The number of hydrogen-bond donors (Lipinski definition) is 1. The second-order valence-corrected chi connectivity index (χ2v) is 10.1. The van der Waals surface area contributed by atoms with Crippen LogP contribution in [0.4, 0.5) is 0 Å². The predicted molar refractivity (Wildman–Crippen MR) is 145 cm³/mol. The molecular weight excluding hydrogens is 631 g/mol. The van der Waals surface area contributed by atoms with E-state index in [1.165, 1.54) is 46.2 Å². The number of hydrogen-bond acceptors (Lipinski definition) is 4. The smallest absolute Gasteiger partial charge is 0.155 e. The van der Waals surface area contributed by atoms with Gasteiger partial charge in [0.2, 0.25) is 0 Å². The van der Waals surface area contributed by atoms with Gasteiger partial charge in [-0.15, -0.1) is 47.2 Å². The topological polar surface area (TPSA) is 50.2 Å². The summed E-state index contributed by atoms with van der Waals surface area (Å²) in [6, 6.07) is 24.8. The Labute approximate surface area is 226 Å². The van der Waals surface area contributed by atoms with Crippen LogP contribution in [0.2, 0.25) is 0 Å². The molecule has 0 aliphatic heterocycles. The third-order valence-corrected chi connectivity index (χ3v) is 6.50. The van der Waals surface area contributed by atoms with Crippen LogP contribution in [0.1, 0.15) is 64.5 Å². The third kappa shape index (κ3) is 7.96. The van der Waals surface area contributed by atoms with Gasteiger partial charge < -0.3 is 5.11 Å². The van der Waals surface area contributed by atoms with Crippen molar-refractivity contribution in [3.05, 3.63) is 89.7 Å². The Hall–Kier alpha value is -2.59. The number of aromatic nitrogens is 1. The van der Waals surface area contributed by atoms with Crippen LogP contribution < -0.4 is 0 Å². The number of fused-ring (bicyclic) bond motifs is 1. The summed E-state index contributed by atoms with van der Waals surface area (Å²) in [5, 5.41) is 8.36. The third-order valence-electron chi connectivity index (χ3n) is 5.37. The number of carbonyl (C=O) groups is 1. The molecule has 0 unspecified atom stereocenters. The van der Waals surface area contributed by atoms with Crippen molar-refractivity contribution < 1.29 is 30.0 Å². The van der Waals surface area contributed by atoms with Crippen molar-refractivity contribution in [1.82, 2.24) is 4.98 Å². The molecule has 2 aromatic heterocycles. The summed E-state index contributed by atoms with van der Waals surface area (Å²) in [6.45, 7) is 11.9.